The van der Waals surface area contributed by atoms with E-state index in [1.807, 2.05) is 31.2 Å². The molecule has 0 bridgehead atoms. The molecule has 3 heterocycles. The summed E-state index contributed by atoms with van der Waals surface area (Å²) >= 11 is 0. The second-order valence-electron chi connectivity index (χ2n) is 6.81. The first-order valence-corrected chi connectivity index (χ1v) is 9.15. The molecule has 0 atom stereocenters. The number of hydrogen-bond acceptors (Lipinski definition) is 5. The van der Waals surface area contributed by atoms with E-state index in [-0.39, 0.29) is 0 Å². The lowest BCUT2D eigenvalue weighted by atomic mass is 9.94. The van der Waals surface area contributed by atoms with E-state index in [0.717, 1.165) is 41.9 Å². The Bertz CT molecular complexity index is 829. The van der Waals surface area contributed by atoms with Crippen LogP contribution < -0.4 is 10.2 Å². The van der Waals surface area contributed by atoms with Crippen LogP contribution in [0.4, 0.5) is 11.5 Å². The molecule has 26 heavy (non-hydrogen) atoms. The van der Waals surface area contributed by atoms with Crippen molar-refractivity contribution in [3.05, 3.63) is 54.0 Å². The molecular weight excluding hydrogens is 322 g/mol. The van der Waals surface area contributed by atoms with Gasteiger partial charge in [0.15, 0.2) is 5.82 Å². The van der Waals surface area contributed by atoms with Crippen LogP contribution in [0.25, 0.3) is 5.70 Å². The fourth-order valence-electron chi connectivity index (χ4n) is 3.35. The zero-order valence-corrected chi connectivity index (χ0v) is 15.5. The molecule has 1 N–H and O–H groups in total. The second kappa shape index (κ2) is 8.01. The predicted molar refractivity (Wildman–Crippen MR) is 106 cm³/mol. The van der Waals surface area contributed by atoms with Crippen LogP contribution >= 0.6 is 0 Å². The van der Waals surface area contributed by atoms with Crippen LogP contribution in [0, 0.1) is 24.2 Å². The first-order valence-electron chi connectivity index (χ1n) is 9.15. The van der Waals surface area contributed by atoms with Gasteiger partial charge in [0.1, 0.15) is 6.07 Å². The molecule has 5 heteroatoms. The van der Waals surface area contributed by atoms with E-state index in [1.54, 1.807) is 6.20 Å². The van der Waals surface area contributed by atoms with Crippen LogP contribution in [0.5, 0.6) is 0 Å². The van der Waals surface area contributed by atoms with E-state index < -0.39 is 0 Å². The third-order valence-electron chi connectivity index (χ3n) is 4.97. The van der Waals surface area contributed by atoms with Gasteiger partial charge in [0.25, 0.3) is 0 Å². The third-order valence-corrected chi connectivity index (χ3v) is 4.97. The van der Waals surface area contributed by atoms with Gasteiger partial charge in [-0.15, -0.1) is 0 Å². The summed E-state index contributed by atoms with van der Waals surface area (Å²) in [4.78, 5) is 11.4. The van der Waals surface area contributed by atoms with Crippen LogP contribution in [-0.4, -0.2) is 23.1 Å². The minimum Gasteiger partial charge on any atom is -0.355 e. The molecular formula is C21H25N5. The Morgan fingerprint density at radius 1 is 1.38 bits per heavy atom. The van der Waals surface area contributed by atoms with Crippen molar-refractivity contribution in [2.45, 2.75) is 33.1 Å². The number of hydrogen-bond donors (Lipinski definition) is 1. The van der Waals surface area contributed by atoms with Gasteiger partial charge in [-0.05, 0) is 43.9 Å². The summed E-state index contributed by atoms with van der Waals surface area (Å²) in [5.41, 5.74) is 3.78. The van der Waals surface area contributed by atoms with Crippen molar-refractivity contribution >= 4 is 17.2 Å². The molecule has 1 saturated heterocycles. The van der Waals surface area contributed by atoms with Crippen molar-refractivity contribution in [1.29, 1.82) is 5.26 Å². The average molecular weight is 347 g/mol. The van der Waals surface area contributed by atoms with Gasteiger partial charge in [0.2, 0.25) is 0 Å². The fraction of sp³-hybridized carbons (Fsp3) is 0.381. The first kappa shape index (κ1) is 17.9. The Hall–Kier alpha value is -2.87. The Morgan fingerprint density at radius 3 is 2.81 bits per heavy atom. The lowest BCUT2D eigenvalue weighted by Crippen LogP contribution is -2.34. The van der Waals surface area contributed by atoms with E-state index >= 15 is 0 Å². The Labute approximate surface area is 155 Å². The highest BCUT2D eigenvalue weighted by molar-refractivity contribution is 5.80. The Morgan fingerprint density at radius 2 is 2.15 bits per heavy atom. The van der Waals surface area contributed by atoms with Gasteiger partial charge in [-0.25, -0.2) is 4.98 Å². The molecule has 1 aliphatic heterocycles. The molecule has 0 radical (unpaired) electrons. The number of anilines is 2. The molecule has 1 fully saturated rings. The predicted octanol–water partition coefficient (Wildman–Crippen LogP) is 4.37. The fourth-order valence-corrected chi connectivity index (χ4v) is 3.35. The second-order valence-corrected chi connectivity index (χ2v) is 6.81. The molecule has 0 spiro atoms. The monoisotopic (exact) mass is 347 g/mol. The lowest BCUT2D eigenvalue weighted by Gasteiger charge is -2.33. The maximum atomic E-state index is 9.25. The number of aromatic nitrogens is 2. The van der Waals surface area contributed by atoms with Crippen LogP contribution in [0.3, 0.4) is 0 Å². The van der Waals surface area contributed by atoms with E-state index in [4.69, 9.17) is 0 Å². The van der Waals surface area contributed by atoms with Gasteiger partial charge in [-0.2, -0.15) is 5.26 Å². The van der Waals surface area contributed by atoms with Crippen LogP contribution in [0.1, 0.15) is 43.1 Å². The molecule has 0 amide bonds. The van der Waals surface area contributed by atoms with E-state index in [9.17, 15) is 5.26 Å². The summed E-state index contributed by atoms with van der Waals surface area (Å²) in [6.07, 6.45) is 5.23. The van der Waals surface area contributed by atoms with Gasteiger partial charge >= 0.3 is 0 Å². The molecule has 0 saturated carbocycles. The van der Waals surface area contributed by atoms with Gasteiger partial charge < -0.3 is 10.2 Å². The zero-order chi connectivity index (χ0) is 18.5. The molecule has 0 aromatic carbocycles. The largest absolute Gasteiger partial charge is 0.355 e. The molecule has 134 valence electrons. The zero-order valence-electron chi connectivity index (χ0n) is 15.5. The van der Waals surface area contributed by atoms with Gasteiger partial charge in [0, 0.05) is 25.0 Å². The van der Waals surface area contributed by atoms with E-state index in [0.29, 0.717) is 11.3 Å². The minimum atomic E-state index is 0.532. The van der Waals surface area contributed by atoms with Gasteiger partial charge in [0.05, 0.1) is 22.6 Å². The summed E-state index contributed by atoms with van der Waals surface area (Å²) in [5.74, 6) is 1.68. The molecule has 2 aromatic rings. The maximum Gasteiger partial charge on any atom is 0.152 e. The van der Waals surface area contributed by atoms with Crippen LogP contribution in [-0.2, 0) is 0 Å². The number of nitrogens with one attached hydrogen (secondary N) is 1. The Kier molecular flexibility index (Phi) is 5.52. The summed E-state index contributed by atoms with van der Waals surface area (Å²) < 4.78 is 0. The number of piperidine rings is 1. The quantitative estimate of drug-likeness (QED) is 0.870. The highest BCUT2D eigenvalue weighted by Crippen LogP contribution is 2.31. The highest BCUT2D eigenvalue weighted by Gasteiger charge is 2.21. The lowest BCUT2D eigenvalue weighted by molar-refractivity contribution is 0.394. The molecule has 0 unspecified atom stereocenters. The van der Waals surface area contributed by atoms with Gasteiger partial charge in [-0.1, -0.05) is 26.0 Å². The highest BCUT2D eigenvalue weighted by atomic mass is 15.2. The van der Waals surface area contributed by atoms with Crippen molar-refractivity contribution in [1.82, 2.24) is 9.97 Å². The standard InChI is InChI=1S/C21H25N5/c1-4-17-8-10-26(11-9-17)21-20(12-18(13-22)14-23-21)25-16(3)19-7-5-6-15(2)24-19/h5-7,12,14,17,25H,3-4,8-11H2,1-2H3. The summed E-state index contributed by atoms with van der Waals surface area (Å²) in [6.45, 7) is 10.3. The summed E-state index contributed by atoms with van der Waals surface area (Å²) in [7, 11) is 0. The van der Waals surface area contributed by atoms with Crippen molar-refractivity contribution in [2.75, 3.05) is 23.3 Å². The van der Waals surface area contributed by atoms with Crippen molar-refractivity contribution in [3.8, 4) is 6.07 Å². The number of aryl methyl sites for hydroxylation is 1. The van der Waals surface area contributed by atoms with Crippen LogP contribution in [0.15, 0.2) is 37.0 Å². The van der Waals surface area contributed by atoms with Crippen molar-refractivity contribution < 1.29 is 0 Å². The first-order chi connectivity index (χ1) is 12.6. The van der Waals surface area contributed by atoms with Crippen LogP contribution in [0.2, 0.25) is 0 Å². The normalized spacial score (nSPS) is 14.7. The van der Waals surface area contributed by atoms with Gasteiger partial charge in [-0.3, -0.25) is 4.98 Å². The maximum absolute atomic E-state index is 9.25. The van der Waals surface area contributed by atoms with E-state index in [1.165, 1.54) is 19.3 Å². The molecule has 0 aliphatic carbocycles. The number of rotatable bonds is 5. The summed E-state index contributed by atoms with van der Waals surface area (Å²) in [6, 6.07) is 9.86. The van der Waals surface area contributed by atoms with Crippen molar-refractivity contribution in [2.24, 2.45) is 5.92 Å². The molecule has 2 aromatic heterocycles. The third kappa shape index (κ3) is 4.02. The molecule has 3 rings (SSSR count). The number of pyridine rings is 2. The topological polar surface area (TPSA) is 64.8 Å². The SMILES string of the molecule is C=C(Nc1cc(C#N)cnc1N1CCC(CC)CC1)c1cccc(C)n1. The van der Waals surface area contributed by atoms with E-state index in [2.05, 4.69) is 39.8 Å². The molecule has 5 nitrogen and oxygen atoms in total. The number of nitrogens with zero attached hydrogens (tertiary/aromatic N) is 4. The smallest absolute Gasteiger partial charge is 0.152 e. The summed E-state index contributed by atoms with van der Waals surface area (Å²) in [5, 5.41) is 12.6. The number of nitriles is 1. The average Bonchev–Trinajstić information content (AvgIpc) is 2.68. The molecule has 1 aliphatic rings. The minimum absolute atomic E-state index is 0.532. The Balaban J connectivity index is 1.85. The van der Waals surface area contributed by atoms with Crippen molar-refractivity contribution in [3.63, 3.8) is 0 Å².